The Morgan fingerprint density at radius 3 is 3.05 bits per heavy atom. The number of methoxy groups -OCH3 is 1. The van der Waals surface area contributed by atoms with E-state index in [1.54, 1.807) is 42.4 Å². The van der Waals surface area contributed by atoms with E-state index < -0.39 is 0 Å². The lowest BCUT2D eigenvalue weighted by Gasteiger charge is -2.06. The van der Waals surface area contributed by atoms with Gasteiger partial charge in [0.05, 0.1) is 30.6 Å². The van der Waals surface area contributed by atoms with Crippen LogP contribution < -0.4 is 11.1 Å². The molecule has 20 heavy (non-hydrogen) atoms. The molecule has 106 valence electrons. The van der Waals surface area contributed by atoms with Crippen LogP contribution in [-0.4, -0.2) is 29.4 Å². The Hall–Kier alpha value is -2.05. The van der Waals surface area contributed by atoms with Gasteiger partial charge in [-0.3, -0.25) is 9.48 Å². The Kier molecular flexibility index (Phi) is 4.60. The van der Waals surface area contributed by atoms with Gasteiger partial charge >= 0.3 is 0 Å². The lowest BCUT2D eigenvalue weighted by atomic mass is 10.1. The zero-order chi connectivity index (χ0) is 14.5. The third kappa shape index (κ3) is 3.49. The van der Waals surface area contributed by atoms with Gasteiger partial charge in [0.2, 0.25) is 0 Å². The summed E-state index contributed by atoms with van der Waals surface area (Å²) in [5.74, 6) is -0.301. The van der Waals surface area contributed by atoms with Gasteiger partial charge < -0.3 is 15.8 Å². The molecule has 2 aromatic rings. The third-order valence-electron chi connectivity index (χ3n) is 2.67. The van der Waals surface area contributed by atoms with Gasteiger partial charge in [-0.2, -0.15) is 5.10 Å². The number of halogens is 1. The Labute approximate surface area is 121 Å². The third-order valence-corrected chi connectivity index (χ3v) is 2.91. The van der Waals surface area contributed by atoms with Gasteiger partial charge in [0.15, 0.2) is 0 Å². The van der Waals surface area contributed by atoms with E-state index in [1.165, 1.54) is 0 Å². The first-order valence-electron chi connectivity index (χ1n) is 5.98. The van der Waals surface area contributed by atoms with Crippen LogP contribution in [0.5, 0.6) is 0 Å². The molecule has 0 saturated carbocycles. The van der Waals surface area contributed by atoms with Gasteiger partial charge in [0.1, 0.15) is 0 Å². The second kappa shape index (κ2) is 6.40. The summed E-state index contributed by atoms with van der Waals surface area (Å²) in [5.41, 5.74) is 7.07. The number of amides is 1. The maximum absolute atomic E-state index is 12.1. The molecule has 7 heteroatoms. The maximum Gasteiger partial charge on any atom is 0.257 e. The number of carbonyl (C=O) groups is 1. The van der Waals surface area contributed by atoms with E-state index in [-0.39, 0.29) is 5.91 Å². The number of nitrogens with one attached hydrogen (secondary N) is 1. The summed E-state index contributed by atoms with van der Waals surface area (Å²) in [5, 5.41) is 7.33. The molecule has 0 aliphatic rings. The first-order chi connectivity index (χ1) is 9.60. The van der Waals surface area contributed by atoms with Crippen LogP contribution in [0.3, 0.4) is 0 Å². The van der Waals surface area contributed by atoms with Crippen LogP contribution in [0.15, 0.2) is 30.6 Å². The molecule has 0 radical (unpaired) electrons. The Balaban J connectivity index is 2.05. The number of nitrogens with two attached hydrogens (primary N) is 1. The summed E-state index contributed by atoms with van der Waals surface area (Å²) in [6.45, 7) is 1.18. The van der Waals surface area contributed by atoms with Crippen molar-refractivity contribution in [3.8, 4) is 0 Å². The Morgan fingerprint density at radius 2 is 2.35 bits per heavy atom. The molecule has 1 aromatic carbocycles. The molecule has 0 unspecified atom stereocenters. The van der Waals surface area contributed by atoms with Gasteiger partial charge in [-0.05, 0) is 18.2 Å². The summed E-state index contributed by atoms with van der Waals surface area (Å²) >= 11 is 5.80. The van der Waals surface area contributed by atoms with Crippen molar-refractivity contribution in [2.45, 2.75) is 6.54 Å². The van der Waals surface area contributed by atoms with Gasteiger partial charge in [-0.25, -0.2) is 0 Å². The van der Waals surface area contributed by atoms with E-state index in [1.807, 2.05) is 0 Å². The second-order valence-corrected chi connectivity index (χ2v) is 4.61. The minimum atomic E-state index is -0.301. The SMILES string of the molecule is COCCn1cc(NC(=O)c2ccc(Cl)cc2N)cn1. The van der Waals surface area contributed by atoms with Crippen molar-refractivity contribution < 1.29 is 9.53 Å². The van der Waals surface area contributed by atoms with E-state index in [9.17, 15) is 4.79 Å². The first kappa shape index (κ1) is 14.4. The number of benzene rings is 1. The fourth-order valence-corrected chi connectivity index (χ4v) is 1.85. The average molecular weight is 295 g/mol. The molecule has 0 bridgehead atoms. The monoisotopic (exact) mass is 294 g/mol. The lowest BCUT2D eigenvalue weighted by molar-refractivity contribution is 0.102. The highest BCUT2D eigenvalue weighted by molar-refractivity contribution is 6.31. The molecule has 0 spiro atoms. The van der Waals surface area contributed by atoms with Crippen molar-refractivity contribution in [2.75, 3.05) is 24.8 Å². The second-order valence-electron chi connectivity index (χ2n) is 4.17. The summed E-state index contributed by atoms with van der Waals surface area (Å²) < 4.78 is 6.64. The molecule has 0 aliphatic heterocycles. The molecule has 1 heterocycles. The number of hydrogen-bond acceptors (Lipinski definition) is 4. The van der Waals surface area contributed by atoms with Crippen LogP contribution in [-0.2, 0) is 11.3 Å². The van der Waals surface area contributed by atoms with Crippen molar-refractivity contribution in [3.63, 3.8) is 0 Å². The van der Waals surface area contributed by atoms with E-state index in [2.05, 4.69) is 10.4 Å². The van der Waals surface area contributed by atoms with Crippen molar-refractivity contribution in [2.24, 2.45) is 0 Å². The molecule has 0 atom stereocenters. The Morgan fingerprint density at radius 1 is 1.55 bits per heavy atom. The first-order valence-corrected chi connectivity index (χ1v) is 6.35. The average Bonchev–Trinajstić information content (AvgIpc) is 2.83. The van der Waals surface area contributed by atoms with Crippen LogP contribution in [0.1, 0.15) is 10.4 Å². The maximum atomic E-state index is 12.1. The lowest BCUT2D eigenvalue weighted by Crippen LogP contribution is -2.13. The summed E-state index contributed by atoms with van der Waals surface area (Å²) in [7, 11) is 1.62. The summed E-state index contributed by atoms with van der Waals surface area (Å²) in [6, 6.07) is 4.75. The molecule has 3 N–H and O–H groups in total. The molecule has 0 fully saturated rings. The molecule has 1 aromatic heterocycles. The number of aromatic nitrogens is 2. The van der Waals surface area contributed by atoms with Crippen LogP contribution in [0, 0.1) is 0 Å². The van der Waals surface area contributed by atoms with E-state index in [4.69, 9.17) is 22.1 Å². The number of nitrogens with zero attached hydrogens (tertiary/aromatic N) is 2. The molecule has 0 saturated heterocycles. The van der Waals surface area contributed by atoms with Gasteiger partial charge in [0.25, 0.3) is 5.91 Å². The molecule has 2 rings (SSSR count). The van der Waals surface area contributed by atoms with Crippen molar-refractivity contribution in [3.05, 3.63) is 41.2 Å². The fourth-order valence-electron chi connectivity index (χ4n) is 1.67. The highest BCUT2D eigenvalue weighted by Crippen LogP contribution is 2.19. The minimum absolute atomic E-state index is 0.301. The largest absolute Gasteiger partial charge is 0.398 e. The zero-order valence-corrected chi connectivity index (χ0v) is 11.7. The molecular weight excluding hydrogens is 280 g/mol. The van der Waals surface area contributed by atoms with Crippen LogP contribution in [0.4, 0.5) is 11.4 Å². The number of hydrogen-bond donors (Lipinski definition) is 2. The standard InChI is InChI=1S/C13H15ClN4O2/c1-20-5-4-18-8-10(7-16-18)17-13(19)11-3-2-9(14)6-12(11)15/h2-3,6-8H,4-5,15H2,1H3,(H,17,19). The zero-order valence-electron chi connectivity index (χ0n) is 11.0. The topological polar surface area (TPSA) is 82.2 Å². The highest BCUT2D eigenvalue weighted by Gasteiger charge is 2.11. The fraction of sp³-hybridized carbons (Fsp3) is 0.231. The van der Waals surface area contributed by atoms with Gasteiger partial charge in [0, 0.05) is 24.0 Å². The van der Waals surface area contributed by atoms with E-state index in [0.29, 0.717) is 35.1 Å². The number of anilines is 2. The quantitative estimate of drug-likeness (QED) is 0.827. The van der Waals surface area contributed by atoms with Gasteiger partial charge in [-0.15, -0.1) is 0 Å². The Bertz CT molecular complexity index is 612. The summed E-state index contributed by atoms with van der Waals surface area (Å²) in [4.78, 5) is 12.1. The molecule has 6 nitrogen and oxygen atoms in total. The van der Waals surface area contributed by atoms with Crippen molar-refractivity contribution in [1.82, 2.24) is 9.78 Å². The van der Waals surface area contributed by atoms with Crippen LogP contribution in [0.25, 0.3) is 0 Å². The molecular formula is C13H15ClN4O2. The van der Waals surface area contributed by atoms with Gasteiger partial charge in [-0.1, -0.05) is 11.6 Å². The van der Waals surface area contributed by atoms with Crippen molar-refractivity contribution in [1.29, 1.82) is 0 Å². The van der Waals surface area contributed by atoms with E-state index >= 15 is 0 Å². The molecule has 1 amide bonds. The van der Waals surface area contributed by atoms with Crippen LogP contribution >= 0.6 is 11.6 Å². The number of nitrogen functional groups attached to an aromatic ring is 1. The number of rotatable bonds is 5. The molecule has 0 aliphatic carbocycles. The van der Waals surface area contributed by atoms with E-state index in [0.717, 1.165) is 0 Å². The normalized spacial score (nSPS) is 10.5. The van der Waals surface area contributed by atoms with Crippen LogP contribution in [0.2, 0.25) is 5.02 Å². The highest BCUT2D eigenvalue weighted by atomic mass is 35.5. The minimum Gasteiger partial charge on any atom is -0.398 e. The predicted octanol–water partition coefficient (Wildman–Crippen LogP) is 2.02. The smallest absolute Gasteiger partial charge is 0.257 e. The number of carbonyl (C=O) groups excluding carboxylic acids is 1. The summed E-state index contributed by atoms with van der Waals surface area (Å²) in [6.07, 6.45) is 3.29. The number of ether oxygens (including phenoxy) is 1. The predicted molar refractivity (Wildman–Crippen MR) is 77.9 cm³/mol. The van der Waals surface area contributed by atoms with Crippen molar-refractivity contribution >= 4 is 28.9 Å².